The Morgan fingerprint density at radius 2 is 1.54 bits per heavy atom. The number of anilines is 1. The average molecular weight is 941 g/mol. The van der Waals surface area contributed by atoms with Gasteiger partial charge in [0.2, 0.25) is 0 Å². The smallest absolute Gasteiger partial charge is 0.312 e. The second-order valence-corrected chi connectivity index (χ2v) is 19.1. The van der Waals surface area contributed by atoms with Crippen LogP contribution >= 0.6 is 0 Å². The van der Waals surface area contributed by atoms with Crippen molar-refractivity contribution in [3.8, 4) is 23.0 Å². The van der Waals surface area contributed by atoms with Gasteiger partial charge in [0.1, 0.15) is 23.4 Å². The van der Waals surface area contributed by atoms with Crippen LogP contribution < -0.4 is 10.1 Å². The maximum absolute atomic E-state index is 14.7. The number of amides is 1. The monoisotopic (exact) mass is 940 g/mol. The number of ketones is 1. The minimum Gasteiger partial charge on any atom is -0.507 e. The van der Waals surface area contributed by atoms with Crippen LogP contribution in [0.1, 0.15) is 94.9 Å². The van der Waals surface area contributed by atoms with E-state index >= 15 is 0 Å². The summed E-state index contributed by atoms with van der Waals surface area (Å²) in [5, 5.41) is 68.2. The van der Waals surface area contributed by atoms with Gasteiger partial charge >= 0.3 is 11.8 Å². The minimum absolute atomic E-state index is 0.0501. The highest BCUT2D eigenvalue weighted by Crippen LogP contribution is 2.55. The summed E-state index contributed by atoms with van der Waals surface area (Å²) in [7, 11) is 1.44. The number of methoxy groups -OCH3 is 1. The maximum atomic E-state index is 14.7. The molecule has 4 heterocycles. The summed E-state index contributed by atoms with van der Waals surface area (Å²) in [6.07, 6.45) is 4.89. The summed E-state index contributed by atoms with van der Waals surface area (Å²) >= 11 is 0. The van der Waals surface area contributed by atoms with Crippen LogP contribution in [0.2, 0.25) is 0 Å². The van der Waals surface area contributed by atoms with Gasteiger partial charge in [0.15, 0.2) is 5.75 Å². The summed E-state index contributed by atoms with van der Waals surface area (Å²) < 4.78 is 23.8. The molecular formula is C52H68N4O12. The first kappa shape index (κ1) is 51.5. The van der Waals surface area contributed by atoms with Crippen LogP contribution in [-0.4, -0.2) is 122 Å². The van der Waals surface area contributed by atoms with E-state index in [0.29, 0.717) is 13.1 Å². The molecule has 0 saturated carbocycles. The van der Waals surface area contributed by atoms with Crippen LogP contribution in [0.3, 0.4) is 0 Å². The third kappa shape index (κ3) is 10.2. The fourth-order valence-electron chi connectivity index (χ4n) is 9.73. The number of hydrazone groups is 1. The number of piperazine rings is 1. The quantitative estimate of drug-likeness (QED) is 0.0635. The molecule has 0 spiro atoms. The Kier molecular flexibility index (Phi) is 15.7. The second-order valence-electron chi connectivity index (χ2n) is 19.1. The number of Topliss-reactive ketones (excluding diaryl/α,β-unsaturated/α-hetero) is 1. The van der Waals surface area contributed by atoms with E-state index in [9.17, 15) is 39.9 Å². The normalized spacial score (nSPS) is 31.6. The van der Waals surface area contributed by atoms with Gasteiger partial charge in [0.25, 0.3) is 11.7 Å². The molecule has 3 aromatic rings. The van der Waals surface area contributed by atoms with Gasteiger partial charge in [0.05, 0.1) is 65.1 Å². The van der Waals surface area contributed by atoms with E-state index in [-0.39, 0.29) is 56.6 Å². The lowest BCUT2D eigenvalue weighted by Crippen LogP contribution is -2.54. The molecule has 1 fully saturated rings. The van der Waals surface area contributed by atoms with E-state index in [1.165, 1.54) is 70.6 Å². The number of esters is 1. The molecule has 16 nitrogen and oxygen atoms in total. The molecule has 4 aliphatic heterocycles. The minimum atomic E-state index is -2.07. The highest BCUT2D eigenvalue weighted by Gasteiger charge is 2.50. The number of ether oxygens (including phenoxy) is 4. The van der Waals surface area contributed by atoms with Gasteiger partial charge in [-0.25, -0.2) is 0 Å². The zero-order valence-electron chi connectivity index (χ0n) is 41.1. The summed E-state index contributed by atoms with van der Waals surface area (Å²) in [6.45, 7) is 20.7. The first-order valence-electron chi connectivity index (χ1n) is 23.2. The van der Waals surface area contributed by atoms with Crippen LogP contribution in [0, 0.1) is 37.5 Å². The van der Waals surface area contributed by atoms with Crippen LogP contribution in [0.15, 0.2) is 65.5 Å². The Labute approximate surface area is 398 Å². The number of fused-ring (bicyclic) bond motifs is 14. The first-order valence-corrected chi connectivity index (χ1v) is 23.2. The number of hydrogen-bond acceptors (Lipinski definition) is 15. The van der Waals surface area contributed by atoms with Crippen LogP contribution in [0.4, 0.5) is 5.69 Å². The van der Waals surface area contributed by atoms with Crippen molar-refractivity contribution in [3.05, 3.63) is 88.2 Å². The van der Waals surface area contributed by atoms with Crippen molar-refractivity contribution in [1.82, 2.24) is 9.91 Å². The summed E-state index contributed by atoms with van der Waals surface area (Å²) in [5.41, 5.74) is 1.97. The molecule has 368 valence electrons. The number of aromatic hydroxyl groups is 3. The van der Waals surface area contributed by atoms with E-state index in [0.717, 1.165) is 6.54 Å². The molecule has 0 radical (unpaired) electrons. The summed E-state index contributed by atoms with van der Waals surface area (Å²) in [6, 6.07) is 8.19. The molecule has 1 saturated heterocycles. The molecule has 0 aliphatic carbocycles. The van der Waals surface area contributed by atoms with Crippen molar-refractivity contribution in [2.45, 2.75) is 125 Å². The lowest BCUT2D eigenvalue weighted by molar-refractivity contribution is -0.160. The average Bonchev–Trinajstić information content (AvgIpc) is 3.55. The number of rotatable bonds is 6. The topological polar surface area (TPSA) is 220 Å². The van der Waals surface area contributed by atoms with Crippen molar-refractivity contribution in [3.63, 3.8) is 0 Å². The zero-order valence-corrected chi connectivity index (χ0v) is 41.1. The van der Waals surface area contributed by atoms with E-state index < -0.39 is 88.8 Å². The molecular weight excluding hydrogens is 873 g/mol. The number of aryl methyl sites for hydroxylation is 1. The Hall–Kier alpha value is -5.94. The number of carbonyl (C=O) groups is 3. The SMILES string of the molecule is CO[C@H]1/C=C/O[C@@]2(C)Oc3c(C)c(O)c4c(O)c(c(/C=N\N5C(C)CN(Cc6ccc(C)cc6)CC5C)c(O)c4c3C2=O)NC(=O)/C(C)=C\C=C\[C@H](C)[C@H](O)[C@@H](C)[C@@H](O)[C@@H](C)[C@H](OC(C)=O)[C@@H]1C. The van der Waals surface area contributed by atoms with E-state index in [2.05, 4.69) is 34.5 Å². The summed E-state index contributed by atoms with van der Waals surface area (Å²) in [4.78, 5) is 43.4. The fraction of sp³-hybridized carbons (Fsp3) is 0.500. The third-order valence-corrected chi connectivity index (χ3v) is 13.8. The lowest BCUT2D eigenvalue weighted by atomic mass is 9.78. The van der Waals surface area contributed by atoms with Crippen molar-refractivity contribution in [1.29, 1.82) is 0 Å². The van der Waals surface area contributed by atoms with Gasteiger partial charge in [-0.1, -0.05) is 75.8 Å². The first-order chi connectivity index (χ1) is 32.0. The van der Waals surface area contributed by atoms with Gasteiger partial charge in [-0.3, -0.25) is 24.3 Å². The number of aliphatic hydroxyl groups excluding tert-OH is 2. The van der Waals surface area contributed by atoms with E-state index in [1.54, 1.807) is 39.8 Å². The number of nitrogens with one attached hydrogen (secondary N) is 1. The highest BCUT2D eigenvalue weighted by molar-refractivity contribution is 6.23. The molecule has 16 heteroatoms. The summed E-state index contributed by atoms with van der Waals surface area (Å²) in [5.74, 6) is -8.46. The van der Waals surface area contributed by atoms with Gasteiger partial charge in [-0.05, 0) is 46.3 Å². The molecule has 4 aliphatic rings. The van der Waals surface area contributed by atoms with Crippen LogP contribution in [-0.2, 0) is 30.3 Å². The Morgan fingerprint density at radius 1 is 0.897 bits per heavy atom. The van der Waals surface area contributed by atoms with Gasteiger partial charge < -0.3 is 49.8 Å². The van der Waals surface area contributed by atoms with Gasteiger partial charge in [-0.2, -0.15) is 5.10 Å². The number of nitrogens with zero attached hydrogens (tertiary/aromatic N) is 3. The van der Waals surface area contributed by atoms with E-state index in [1.807, 2.05) is 25.8 Å². The predicted molar refractivity (Wildman–Crippen MR) is 259 cm³/mol. The molecule has 1 amide bonds. The predicted octanol–water partition coefficient (Wildman–Crippen LogP) is 6.99. The second kappa shape index (κ2) is 20.7. The van der Waals surface area contributed by atoms with Crippen molar-refractivity contribution in [2.24, 2.45) is 28.8 Å². The van der Waals surface area contributed by atoms with Crippen molar-refractivity contribution in [2.75, 3.05) is 25.5 Å². The zero-order chi connectivity index (χ0) is 50.1. The van der Waals surface area contributed by atoms with E-state index in [4.69, 9.17) is 24.0 Å². The highest BCUT2D eigenvalue weighted by atomic mass is 16.7. The molecule has 11 atom stereocenters. The number of benzene rings is 3. The Bertz CT molecular complexity index is 2510. The Balaban J connectivity index is 1.48. The third-order valence-electron chi connectivity index (χ3n) is 13.8. The maximum Gasteiger partial charge on any atom is 0.312 e. The number of phenols is 3. The van der Waals surface area contributed by atoms with Gasteiger partial charge in [0, 0.05) is 80.8 Å². The van der Waals surface area contributed by atoms with Crippen LogP contribution in [0.5, 0.6) is 23.0 Å². The number of aliphatic hydroxyl groups is 2. The molecule has 5 bridgehead atoms. The molecule has 3 aromatic carbocycles. The number of carbonyl (C=O) groups excluding carboxylic acids is 3. The number of phenolic OH excluding ortho intramolecular Hbond substituents is 3. The lowest BCUT2D eigenvalue weighted by Gasteiger charge is -2.42. The largest absolute Gasteiger partial charge is 0.507 e. The molecule has 68 heavy (non-hydrogen) atoms. The molecule has 7 rings (SSSR count). The van der Waals surface area contributed by atoms with Gasteiger partial charge in [-0.15, -0.1) is 0 Å². The Morgan fingerprint density at radius 3 is 2.16 bits per heavy atom. The number of hydrogen-bond donors (Lipinski definition) is 6. The number of allylic oxidation sites excluding steroid dienone is 2. The van der Waals surface area contributed by atoms with Crippen molar-refractivity contribution >= 4 is 40.3 Å². The van der Waals surface area contributed by atoms with Crippen molar-refractivity contribution < 1.29 is 58.9 Å². The fourth-order valence-corrected chi connectivity index (χ4v) is 9.73. The molecule has 6 N–H and O–H groups in total. The molecule has 0 aromatic heterocycles. The standard InChI is InChI=1S/C52H68N4O12/c1-26-16-18-36(19-17-26)25-55-23-29(4)56(30(5)24-55)53-22-37-42-47(62)40-39(46(37)61)41-49(34(9)45(40)60)68-52(11,50(41)63)66-21-20-38(65-12)31(6)48(67-35(10)57)33(8)44(59)32(7)43(58)27(2)14-13-15-28(3)51(64)54-42/h13-22,27,29-33,38,43-44,48,58-62H,23-25H2,1-12H3,(H,54,64)/b14-13+,21-20+,28-15-,53-22-/t27-,29?,30?,31+,32+,33+,38-,43-,44+,48+,52-/m0/s1. The van der Waals surface area contributed by atoms with Crippen LogP contribution in [0.25, 0.3) is 10.8 Å². The molecule has 2 unspecified atom stereocenters.